The van der Waals surface area contributed by atoms with Crippen LogP contribution in [0.25, 0.3) is 10.9 Å². The molecule has 2 heterocycles. The van der Waals surface area contributed by atoms with Gasteiger partial charge in [0.2, 0.25) is 0 Å². The molecule has 2 aromatic carbocycles. The minimum absolute atomic E-state index is 0.0324. The summed E-state index contributed by atoms with van der Waals surface area (Å²) in [6.45, 7) is 15.7. The number of rotatable bonds is 6. The second-order valence-electron chi connectivity index (χ2n) is 16.9. The van der Waals surface area contributed by atoms with Crippen molar-refractivity contribution in [2.45, 2.75) is 135 Å². The summed E-state index contributed by atoms with van der Waals surface area (Å²) in [5, 5.41) is 1.05. The summed E-state index contributed by atoms with van der Waals surface area (Å²) in [5.74, 6) is 4.17. The first-order chi connectivity index (χ1) is 22.1. The number of aromatic amines is 1. The zero-order valence-corrected chi connectivity index (χ0v) is 29.5. The van der Waals surface area contributed by atoms with Crippen molar-refractivity contribution < 1.29 is 9.13 Å². The van der Waals surface area contributed by atoms with Gasteiger partial charge in [-0.25, -0.2) is 4.39 Å². The van der Waals surface area contributed by atoms with E-state index in [2.05, 4.69) is 81.8 Å². The quantitative estimate of drug-likeness (QED) is 0.295. The Kier molecular flexibility index (Phi) is 8.94. The summed E-state index contributed by atoms with van der Waals surface area (Å²) in [4.78, 5) is 7.01. The Balaban J connectivity index is 1.36. The van der Waals surface area contributed by atoms with Crippen LogP contribution in [0.4, 0.5) is 4.39 Å². The molecule has 1 aromatic heterocycles. The number of benzene rings is 2. The normalized spacial score (nSPS) is 35.3. The second kappa shape index (κ2) is 12.7. The summed E-state index contributed by atoms with van der Waals surface area (Å²) in [6.07, 6.45) is 13.1. The van der Waals surface area contributed by atoms with Crippen molar-refractivity contribution in [3.05, 3.63) is 71.2 Å². The predicted molar refractivity (Wildman–Crippen MR) is 188 cm³/mol. The maximum Gasteiger partial charge on any atom is 0.123 e. The van der Waals surface area contributed by atoms with Gasteiger partial charge in [0.25, 0.3) is 0 Å². The van der Waals surface area contributed by atoms with Gasteiger partial charge in [0.05, 0.1) is 12.3 Å². The second-order valence-corrected chi connectivity index (χ2v) is 16.9. The molecule has 0 amide bonds. The smallest absolute Gasteiger partial charge is 0.123 e. The van der Waals surface area contributed by atoms with E-state index in [1.54, 1.807) is 12.1 Å². The number of nitrogens with one attached hydrogen (secondary N) is 1. The highest BCUT2D eigenvalue weighted by atomic mass is 19.1. The van der Waals surface area contributed by atoms with E-state index in [1.165, 1.54) is 55.3 Å². The van der Waals surface area contributed by atoms with Crippen LogP contribution in [0.15, 0.2) is 48.5 Å². The SMILES string of the molecule is CC1CCC(C(C)C)C(N(C2CC(C)CCC2C(C)C)C2(c3ccccc3)CCC3(CC2)OCCc2c3[nH]c3ccc(F)cc23)C1. The van der Waals surface area contributed by atoms with E-state index in [0.29, 0.717) is 30.5 Å². The third kappa shape index (κ3) is 5.58. The van der Waals surface area contributed by atoms with Crippen LogP contribution in [0.3, 0.4) is 0 Å². The molecule has 1 aliphatic heterocycles. The van der Waals surface area contributed by atoms with Crippen molar-refractivity contribution in [2.24, 2.45) is 35.5 Å². The summed E-state index contributed by atoms with van der Waals surface area (Å²) >= 11 is 0. The maximum absolute atomic E-state index is 14.4. The van der Waals surface area contributed by atoms with Gasteiger partial charge in [0, 0.05) is 28.5 Å². The highest BCUT2D eigenvalue weighted by Gasteiger charge is 2.56. The van der Waals surface area contributed by atoms with Gasteiger partial charge in [0.15, 0.2) is 0 Å². The van der Waals surface area contributed by atoms with Crippen LogP contribution in [0, 0.1) is 41.3 Å². The van der Waals surface area contributed by atoms with Crippen LogP contribution < -0.4 is 0 Å². The Morgan fingerprint density at radius 2 is 1.41 bits per heavy atom. The van der Waals surface area contributed by atoms with Gasteiger partial charge in [0.1, 0.15) is 11.4 Å². The molecule has 3 aromatic rings. The summed E-state index contributed by atoms with van der Waals surface area (Å²) in [7, 11) is 0. The van der Waals surface area contributed by atoms with E-state index < -0.39 is 0 Å². The van der Waals surface area contributed by atoms with Gasteiger partial charge in [-0.3, -0.25) is 4.90 Å². The fraction of sp³-hybridized carbons (Fsp3) is 0.667. The van der Waals surface area contributed by atoms with Gasteiger partial charge in [-0.1, -0.05) is 84.7 Å². The maximum atomic E-state index is 14.4. The Morgan fingerprint density at radius 1 is 0.804 bits per heavy atom. The molecule has 3 aliphatic carbocycles. The first kappa shape index (κ1) is 32.4. The van der Waals surface area contributed by atoms with Gasteiger partial charge in [-0.05, 0) is 123 Å². The zero-order chi connectivity index (χ0) is 32.2. The summed E-state index contributed by atoms with van der Waals surface area (Å²) in [6, 6.07) is 18.1. The predicted octanol–water partition coefficient (Wildman–Crippen LogP) is 10.8. The van der Waals surface area contributed by atoms with Crippen LogP contribution >= 0.6 is 0 Å². The molecule has 0 radical (unpaired) electrons. The highest BCUT2D eigenvalue weighted by Crippen LogP contribution is 2.57. The van der Waals surface area contributed by atoms with E-state index in [-0.39, 0.29) is 17.0 Å². The summed E-state index contributed by atoms with van der Waals surface area (Å²) < 4.78 is 21.3. The van der Waals surface area contributed by atoms with Crippen molar-refractivity contribution in [1.29, 1.82) is 0 Å². The molecule has 0 bridgehead atoms. The molecule has 1 N–H and O–H groups in total. The van der Waals surface area contributed by atoms with Gasteiger partial charge < -0.3 is 9.72 Å². The standard InChI is InChI=1S/C42H59FN2O/c1-27(2)33-15-12-29(5)24-38(33)45(39-25-30(6)13-16-34(39)28(3)4)41(31-10-8-7-9-11-31)19-21-42(22-20-41)40-35(18-23-46-42)36-26-32(43)14-17-37(36)44-40/h7-11,14,17,26-30,33-34,38-39,44H,12-13,15-16,18-25H2,1-6H3. The average Bonchev–Trinajstić information content (AvgIpc) is 3.42. The van der Waals surface area contributed by atoms with E-state index in [1.807, 2.05) is 6.07 Å². The number of fused-ring (bicyclic) bond motifs is 4. The Bertz CT molecular complexity index is 1450. The molecule has 4 aliphatic rings. The van der Waals surface area contributed by atoms with Crippen molar-refractivity contribution in [1.82, 2.24) is 9.88 Å². The molecule has 0 saturated heterocycles. The Hall–Kier alpha value is -2.17. The molecule has 3 saturated carbocycles. The number of ether oxygens (including phenoxy) is 1. The minimum atomic E-state index is -0.332. The van der Waals surface area contributed by atoms with E-state index in [9.17, 15) is 4.39 Å². The lowest BCUT2D eigenvalue weighted by atomic mass is 9.62. The monoisotopic (exact) mass is 626 g/mol. The number of H-pyrrole nitrogens is 1. The van der Waals surface area contributed by atoms with Crippen LogP contribution in [0.5, 0.6) is 0 Å². The first-order valence-corrected chi connectivity index (χ1v) is 18.9. The first-order valence-electron chi connectivity index (χ1n) is 18.9. The van der Waals surface area contributed by atoms with Crippen LogP contribution in [-0.4, -0.2) is 28.6 Å². The third-order valence-electron chi connectivity index (χ3n) is 13.4. The van der Waals surface area contributed by atoms with Crippen LogP contribution in [0.1, 0.15) is 123 Å². The third-order valence-corrected chi connectivity index (χ3v) is 13.4. The molecular formula is C42H59FN2O. The fourth-order valence-corrected chi connectivity index (χ4v) is 11.0. The summed E-state index contributed by atoms with van der Waals surface area (Å²) in [5.41, 5.74) is 4.71. The molecule has 6 unspecified atom stereocenters. The van der Waals surface area contributed by atoms with E-state index in [0.717, 1.165) is 66.7 Å². The minimum Gasteiger partial charge on any atom is -0.368 e. The topological polar surface area (TPSA) is 28.3 Å². The fourth-order valence-electron chi connectivity index (χ4n) is 11.0. The largest absolute Gasteiger partial charge is 0.368 e. The molecule has 250 valence electrons. The van der Waals surface area contributed by atoms with E-state index >= 15 is 0 Å². The molecule has 4 heteroatoms. The number of hydrogen-bond donors (Lipinski definition) is 1. The number of halogens is 1. The van der Waals surface area contributed by atoms with Crippen molar-refractivity contribution in [2.75, 3.05) is 6.61 Å². The molecule has 6 atom stereocenters. The van der Waals surface area contributed by atoms with Crippen LogP contribution in [-0.2, 0) is 22.3 Å². The molecule has 7 rings (SSSR count). The average molecular weight is 627 g/mol. The molecule has 3 fully saturated rings. The van der Waals surface area contributed by atoms with Crippen molar-refractivity contribution in [3.63, 3.8) is 0 Å². The zero-order valence-electron chi connectivity index (χ0n) is 29.5. The number of aromatic nitrogens is 1. The number of nitrogens with zero attached hydrogens (tertiary/aromatic N) is 1. The van der Waals surface area contributed by atoms with Gasteiger partial charge >= 0.3 is 0 Å². The highest BCUT2D eigenvalue weighted by molar-refractivity contribution is 5.85. The van der Waals surface area contributed by atoms with Gasteiger partial charge in [-0.2, -0.15) is 0 Å². The Labute approximate surface area is 278 Å². The molecular weight excluding hydrogens is 567 g/mol. The molecule has 46 heavy (non-hydrogen) atoms. The van der Waals surface area contributed by atoms with Crippen molar-refractivity contribution >= 4 is 10.9 Å². The lowest BCUT2D eigenvalue weighted by Gasteiger charge is -2.62. The van der Waals surface area contributed by atoms with Crippen LogP contribution in [0.2, 0.25) is 0 Å². The Morgan fingerprint density at radius 3 is 2.00 bits per heavy atom. The lowest BCUT2D eigenvalue weighted by Crippen LogP contribution is -2.64. The molecule has 1 spiro atoms. The van der Waals surface area contributed by atoms with E-state index in [4.69, 9.17) is 4.74 Å². The lowest BCUT2D eigenvalue weighted by molar-refractivity contribution is -0.154. The van der Waals surface area contributed by atoms with Crippen molar-refractivity contribution in [3.8, 4) is 0 Å². The van der Waals surface area contributed by atoms with Gasteiger partial charge in [-0.15, -0.1) is 0 Å². The molecule has 3 nitrogen and oxygen atoms in total. The number of hydrogen-bond acceptors (Lipinski definition) is 2.